The highest BCUT2D eigenvalue weighted by atomic mass is 16.2. The van der Waals surface area contributed by atoms with Crippen LogP contribution in [0, 0.1) is 12.8 Å². The number of nitrogens with one attached hydrogen (secondary N) is 1. The van der Waals surface area contributed by atoms with E-state index in [-0.39, 0.29) is 23.8 Å². The average Bonchev–Trinajstić information content (AvgIpc) is 2.97. The van der Waals surface area contributed by atoms with Gasteiger partial charge in [-0.25, -0.2) is 4.98 Å². The largest absolute Gasteiger partial charge is 0.347 e. The predicted molar refractivity (Wildman–Crippen MR) is 83.3 cm³/mol. The molecule has 0 spiro atoms. The molecule has 1 heterocycles. The Morgan fingerprint density at radius 2 is 1.95 bits per heavy atom. The molecular formula is C16H24N4O2. The van der Waals surface area contributed by atoms with E-state index >= 15 is 0 Å². The summed E-state index contributed by atoms with van der Waals surface area (Å²) < 4.78 is 0. The Labute approximate surface area is 131 Å². The molecule has 0 radical (unpaired) electrons. The minimum absolute atomic E-state index is 0.108. The first kappa shape index (κ1) is 16.4. The quantitative estimate of drug-likeness (QED) is 0.895. The maximum absolute atomic E-state index is 12.5. The van der Waals surface area contributed by atoms with Crippen LogP contribution in [0.5, 0.6) is 0 Å². The minimum atomic E-state index is -0.253. The number of rotatable bonds is 5. The predicted octanol–water partition coefficient (Wildman–Crippen LogP) is 1.55. The Morgan fingerprint density at radius 3 is 2.55 bits per heavy atom. The summed E-state index contributed by atoms with van der Waals surface area (Å²) in [5, 5.41) is 2.96. The van der Waals surface area contributed by atoms with E-state index in [4.69, 9.17) is 0 Å². The number of carbonyl (C=O) groups is 2. The summed E-state index contributed by atoms with van der Waals surface area (Å²) in [4.78, 5) is 34.8. The first-order valence-electron chi connectivity index (χ1n) is 7.95. The Balaban J connectivity index is 2.03. The topological polar surface area (TPSA) is 75.2 Å². The maximum atomic E-state index is 12.5. The average molecular weight is 304 g/mol. The summed E-state index contributed by atoms with van der Waals surface area (Å²) >= 11 is 0. The molecule has 2 amide bonds. The van der Waals surface area contributed by atoms with Crippen molar-refractivity contribution in [3.8, 4) is 0 Å². The molecule has 1 aliphatic rings. The zero-order valence-electron chi connectivity index (χ0n) is 13.5. The minimum Gasteiger partial charge on any atom is -0.347 e. The van der Waals surface area contributed by atoms with Gasteiger partial charge in [-0.15, -0.1) is 0 Å². The molecule has 0 saturated heterocycles. The van der Waals surface area contributed by atoms with Crippen molar-refractivity contribution >= 4 is 11.8 Å². The first-order chi connectivity index (χ1) is 10.6. The van der Waals surface area contributed by atoms with E-state index in [1.54, 1.807) is 6.20 Å². The van der Waals surface area contributed by atoms with Gasteiger partial charge in [-0.05, 0) is 33.6 Å². The van der Waals surface area contributed by atoms with Gasteiger partial charge in [0.05, 0.1) is 17.8 Å². The monoisotopic (exact) mass is 304 g/mol. The van der Waals surface area contributed by atoms with Crippen LogP contribution in [0.2, 0.25) is 0 Å². The van der Waals surface area contributed by atoms with Crippen LogP contribution >= 0.6 is 0 Å². The summed E-state index contributed by atoms with van der Waals surface area (Å²) in [5.74, 6) is -0.234. The molecule has 22 heavy (non-hydrogen) atoms. The third-order valence-corrected chi connectivity index (χ3v) is 4.24. The number of amides is 2. The van der Waals surface area contributed by atoms with Gasteiger partial charge in [0.2, 0.25) is 5.91 Å². The Morgan fingerprint density at radius 1 is 1.23 bits per heavy atom. The number of nitrogens with zero attached hydrogens (tertiary/aromatic N) is 3. The fourth-order valence-corrected chi connectivity index (χ4v) is 2.95. The van der Waals surface area contributed by atoms with Crippen molar-refractivity contribution in [1.82, 2.24) is 20.2 Å². The summed E-state index contributed by atoms with van der Waals surface area (Å²) in [5.41, 5.74) is 1.07. The van der Waals surface area contributed by atoms with Crippen LogP contribution in [0.25, 0.3) is 0 Å². The highest BCUT2D eigenvalue weighted by Crippen LogP contribution is 2.27. The molecule has 120 valence electrons. The lowest BCUT2D eigenvalue weighted by Crippen LogP contribution is -2.45. The van der Waals surface area contributed by atoms with Gasteiger partial charge in [0.1, 0.15) is 5.69 Å². The molecule has 6 heteroatoms. The molecule has 2 rings (SSSR count). The number of aryl methyl sites for hydroxylation is 1. The van der Waals surface area contributed by atoms with E-state index in [2.05, 4.69) is 15.3 Å². The summed E-state index contributed by atoms with van der Waals surface area (Å²) in [6, 6.07) is -0.108. The van der Waals surface area contributed by atoms with Crippen molar-refractivity contribution < 1.29 is 9.59 Å². The van der Waals surface area contributed by atoms with Gasteiger partial charge < -0.3 is 10.2 Å². The van der Waals surface area contributed by atoms with Crippen LogP contribution in [0.15, 0.2) is 12.4 Å². The number of hydrogen-bond acceptors (Lipinski definition) is 4. The Bertz CT molecular complexity index is 525. The second kappa shape index (κ2) is 7.33. The molecule has 0 unspecified atom stereocenters. The lowest BCUT2D eigenvalue weighted by molar-refractivity contribution is -0.135. The van der Waals surface area contributed by atoms with Crippen molar-refractivity contribution in [2.24, 2.45) is 5.92 Å². The molecule has 2 atom stereocenters. The van der Waals surface area contributed by atoms with Crippen LogP contribution < -0.4 is 5.32 Å². The summed E-state index contributed by atoms with van der Waals surface area (Å²) in [7, 11) is 0. The Kier molecular flexibility index (Phi) is 5.46. The van der Waals surface area contributed by atoms with Crippen LogP contribution in [-0.4, -0.2) is 45.8 Å². The fraction of sp³-hybridized carbons (Fsp3) is 0.625. The molecule has 1 aliphatic carbocycles. The standard InChI is InChI=1S/C16H24N4O2/c1-4-20(5-2)16(22)12-7-6-8-13(12)19-15(21)14-10-17-11(3)9-18-14/h9-10,12-13H,4-8H2,1-3H3,(H,19,21)/t12-,13+/m0/s1. The normalized spacial score (nSPS) is 20.7. The van der Waals surface area contributed by atoms with Gasteiger partial charge in [-0.3, -0.25) is 14.6 Å². The zero-order chi connectivity index (χ0) is 16.1. The van der Waals surface area contributed by atoms with Crippen LogP contribution in [0.1, 0.15) is 49.3 Å². The lowest BCUT2D eigenvalue weighted by Gasteiger charge is -2.26. The molecule has 1 saturated carbocycles. The molecule has 1 aromatic heterocycles. The lowest BCUT2D eigenvalue weighted by atomic mass is 10.0. The summed E-state index contributed by atoms with van der Waals surface area (Å²) in [6.07, 6.45) is 5.67. The van der Waals surface area contributed by atoms with Gasteiger partial charge in [-0.2, -0.15) is 0 Å². The third-order valence-electron chi connectivity index (χ3n) is 4.24. The van der Waals surface area contributed by atoms with Crippen LogP contribution in [0.4, 0.5) is 0 Å². The Hall–Kier alpha value is -1.98. The van der Waals surface area contributed by atoms with E-state index in [0.717, 1.165) is 25.0 Å². The van der Waals surface area contributed by atoms with Crippen molar-refractivity contribution in [1.29, 1.82) is 0 Å². The van der Waals surface area contributed by atoms with Crippen molar-refractivity contribution in [3.05, 3.63) is 23.8 Å². The van der Waals surface area contributed by atoms with E-state index in [1.165, 1.54) is 6.20 Å². The maximum Gasteiger partial charge on any atom is 0.271 e. The van der Waals surface area contributed by atoms with Gasteiger partial charge in [-0.1, -0.05) is 6.42 Å². The van der Waals surface area contributed by atoms with Crippen LogP contribution in [-0.2, 0) is 4.79 Å². The molecule has 1 fully saturated rings. The number of hydrogen-bond donors (Lipinski definition) is 1. The van der Waals surface area contributed by atoms with Crippen LogP contribution in [0.3, 0.4) is 0 Å². The van der Waals surface area contributed by atoms with Gasteiger partial charge >= 0.3 is 0 Å². The van der Waals surface area contributed by atoms with E-state index < -0.39 is 0 Å². The van der Waals surface area contributed by atoms with Crippen molar-refractivity contribution in [3.63, 3.8) is 0 Å². The molecule has 0 bridgehead atoms. The summed E-state index contributed by atoms with van der Waals surface area (Å²) in [6.45, 7) is 7.19. The SMILES string of the molecule is CCN(CC)C(=O)[C@H]1CCC[C@H]1NC(=O)c1cnc(C)cn1. The first-order valence-corrected chi connectivity index (χ1v) is 7.95. The van der Waals surface area contributed by atoms with Gasteiger partial charge in [0.25, 0.3) is 5.91 Å². The van der Waals surface area contributed by atoms with Gasteiger partial charge in [0.15, 0.2) is 0 Å². The molecule has 1 N–H and O–H groups in total. The van der Waals surface area contributed by atoms with Crippen molar-refractivity contribution in [2.45, 2.75) is 46.1 Å². The molecule has 0 aliphatic heterocycles. The fourth-order valence-electron chi connectivity index (χ4n) is 2.95. The van der Waals surface area contributed by atoms with Gasteiger partial charge in [0, 0.05) is 25.3 Å². The molecule has 6 nitrogen and oxygen atoms in total. The third kappa shape index (κ3) is 3.61. The highest BCUT2D eigenvalue weighted by molar-refractivity contribution is 5.92. The second-order valence-corrected chi connectivity index (χ2v) is 5.67. The molecular weight excluding hydrogens is 280 g/mol. The number of carbonyl (C=O) groups excluding carboxylic acids is 2. The second-order valence-electron chi connectivity index (χ2n) is 5.67. The number of aromatic nitrogens is 2. The zero-order valence-corrected chi connectivity index (χ0v) is 13.5. The highest BCUT2D eigenvalue weighted by Gasteiger charge is 2.36. The van der Waals surface area contributed by atoms with Crippen molar-refractivity contribution in [2.75, 3.05) is 13.1 Å². The molecule has 0 aromatic carbocycles. The van der Waals surface area contributed by atoms with E-state index in [9.17, 15) is 9.59 Å². The molecule has 1 aromatic rings. The van der Waals surface area contributed by atoms with E-state index in [0.29, 0.717) is 18.8 Å². The van der Waals surface area contributed by atoms with E-state index in [1.807, 2.05) is 25.7 Å². The smallest absolute Gasteiger partial charge is 0.271 e.